The molecule has 0 saturated carbocycles. The maximum atomic E-state index is 14.1. The third-order valence-corrected chi connectivity index (χ3v) is 9.65. The molecule has 1 aromatic heterocycles. The average Bonchev–Trinajstić information content (AvgIpc) is 3.47. The molecule has 0 atom stereocenters. The molecule has 256 valence electrons. The number of hydrogen-bond acceptors (Lipinski definition) is 1. The summed E-state index contributed by atoms with van der Waals surface area (Å²) in [5.41, 5.74) is 7.86. The van der Waals surface area contributed by atoms with Crippen LogP contribution < -0.4 is 4.57 Å². The Labute approximate surface area is 297 Å². The number of nitrogens with zero attached hydrogens (tertiary/aromatic N) is 2. The number of phenols is 1. The molecule has 0 unspecified atom stereocenters. The molecule has 0 bridgehead atoms. The molecule has 1 heterocycles. The Morgan fingerprint density at radius 3 is 1.98 bits per heavy atom. The molecule has 0 saturated heterocycles. The molecule has 6 heteroatoms. The van der Waals surface area contributed by atoms with Crippen molar-refractivity contribution in [1.29, 1.82) is 0 Å². The van der Waals surface area contributed by atoms with Gasteiger partial charge in [0.25, 0.3) is 5.82 Å². The molecule has 0 amide bonds. The Bertz CT molecular complexity index is 2310. The fourth-order valence-corrected chi connectivity index (χ4v) is 7.08. The number of para-hydroxylation sites is 1. The molecular weight excluding hydrogens is 629 g/mol. The third kappa shape index (κ3) is 6.24. The van der Waals surface area contributed by atoms with Gasteiger partial charge in [0.2, 0.25) is 0 Å². The first-order chi connectivity index (χ1) is 24.9. The van der Waals surface area contributed by atoms with E-state index in [1.54, 1.807) is 24.3 Å². The largest absolute Gasteiger partial charge is 0.507 e. The minimum atomic E-state index is -4.68. The molecule has 6 rings (SSSR count). The van der Waals surface area contributed by atoms with Gasteiger partial charge in [0.05, 0.1) is 18.2 Å². The lowest BCUT2D eigenvalue weighted by Crippen LogP contribution is -2.30. The summed E-state index contributed by atoms with van der Waals surface area (Å²) < 4.78 is 70.8. The zero-order valence-electron chi connectivity index (χ0n) is 32.4. The summed E-state index contributed by atoms with van der Waals surface area (Å²) in [6.45, 7) is 10.3. The van der Waals surface area contributed by atoms with Crippen LogP contribution >= 0.6 is 0 Å². The van der Waals surface area contributed by atoms with Gasteiger partial charge in [-0.1, -0.05) is 100 Å². The van der Waals surface area contributed by atoms with E-state index >= 15 is 0 Å². The first kappa shape index (κ1) is 30.9. The van der Waals surface area contributed by atoms with Crippen molar-refractivity contribution in [1.82, 2.24) is 4.57 Å². The van der Waals surface area contributed by atoms with Gasteiger partial charge in [0, 0.05) is 20.8 Å². The number of aromatic nitrogens is 2. The van der Waals surface area contributed by atoms with Crippen molar-refractivity contribution in [3.8, 4) is 56.2 Å². The van der Waals surface area contributed by atoms with Crippen LogP contribution in [0.25, 0.3) is 50.5 Å². The van der Waals surface area contributed by atoms with E-state index in [1.165, 1.54) is 47.1 Å². The van der Waals surface area contributed by atoms with Crippen LogP contribution in [0.2, 0.25) is 0 Å². The van der Waals surface area contributed by atoms with Crippen LogP contribution in [0.3, 0.4) is 0 Å². The Morgan fingerprint density at radius 1 is 0.720 bits per heavy atom. The van der Waals surface area contributed by atoms with Crippen LogP contribution in [0.5, 0.6) is 5.75 Å². The highest BCUT2D eigenvalue weighted by Gasteiger charge is 2.34. The van der Waals surface area contributed by atoms with Crippen LogP contribution in [-0.2, 0) is 13.2 Å². The first-order valence-corrected chi connectivity index (χ1v) is 16.9. The van der Waals surface area contributed by atoms with Gasteiger partial charge in [0.15, 0.2) is 0 Å². The number of phenolic OH excluding ortho intramolecular Hbond substituents is 1. The van der Waals surface area contributed by atoms with Gasteiger partial charge in [-0.2, -0.15) is 17.7 Å². The van der Waals surface area contributed by atoms with Crippen molar-refractivity contribution < 1.29 is 27.0 Å². The second-order valence-corrected chi connectivity index (χ2v) is 13.7. The van der Waals surface area contributed by atoms with Gasteiger partial charge >= 0.3 is 6.18 Å². The van der Waals surface area contributed by atoms with Crippen molar-refractivity contribution in [2.75, 3.05) is 0 Å². The zero-order valence-corrected chi connectivity index (χ0v) is 29.4. The summed E-state index contributed by atoms with van der Waals surface area (Å²) >= 11 is 0. The van der Waals surface area contributed by atoms with Gasteiger partial charge in [0.1, 0.15) is 23.8 Å². The number of hydrogen-bond donors (Lipinski definition) is 1. The number of imidazole rings is 1. The first-order valence-electron chi connectivity index (χ1n) is 18.4. The SMILES string of the molecule is [2H]C([2H])([2H])c1ccc(-c2ccc(-c3ccc(C)c(-c4n(-c5c(C(C)C)cccc5C(C)C)cc[n+]4C)c3C)c(O)c2)cc1-c1ccccc1C(F)(F)F. The van der Waals surface area contributed by atoms with Crippen LogP contribution in [0.1, 0.15) is 77.0 Å². The maximum Gasteiger partial charge on any atom is 0.417 e. The highest BCUT2D eigenvalue weighted by atomic mass is 19.4. The summed E-state index contributed by atoms with van der Waals surface area (Å²) in [4.78, 5) is 0. The lowest BCUT2D eigenvalue weighted by molar-refractivity contribution is -0.659. The average molecular weight is 677 g/mol. The standard InChI is InChI=1S/C44H43F3N2O/c1-26(2)33-13-11-14-34(27(3)4)42(33)49-23-22-48(8)43(49)41-29(6)17-20-35(30(41)7)37-21-19-32(25-40(37)50)31-18-16-28(5)38(24-31)36-12-9-10-15-39(36)44(45,46)47/h9-27H,1-8H3/p+1/i5D3. The van der Waals surface area contributed by atoms with Gasteiger partial charge in [-0.3, -0.25) is 0 Å². The number of rotatable bonds is 7. The topological polar surface area (TPSA) is 29.0 Å². The second-order valence-electron chi connectivity index (χ2n) is 13.7. The molecule has 1 N–H and O–H groups in total. The fourth-order valence-electron chi connectivity index (χ4n) is 7.08. The van der Waals surface area contributed by atoms with E-state index in [0.717, 1.165) is 34.1 Å². The van der Waals surface area contributed by atoms with E-state index in [9.17, 15) is 18.3 Å². The highest BCUT2D eigenvalue weighted by molar-refractivity contribution is 5.84. The van der Waals surface area contributed by atoms with Crippen molar-refractivity contribution in [2.24, 2.45) is 7.05 Å². The minimum absolute atomic E-state index is 0.00968. The molecular formula is C44H44F3N2O+. The van der Waals surface area contributed by atoms with Crippen molar-refractivity contribution in [2.45, 2.75) is 66.4 Å². The van der Waals surface area contributed by atoms with Crippen LogP contribution in [0, 0.1) is 20.7 Å². The molecule has 50 heavy (non-hydrogen) atoms. The summed E-state index contributed by atoms with van der Waals surface area (Å²) in [5.74, 6) is 1.60. The fraction of sp³-hybridized carbons (Fsp3) is 0.250. The summed E-state index contributed by atoms with van der Waals surface area (Å²) in [7, 11) is 2.04. The van der Waals surface area contributed by atoms with Gasteiger partial charge in [-0.15, -0.1) is 0 Å². The van der Waals surface area contributed by atoms with Crippen molar-refractivity contribution in [3.05, 3.63) is 137 Å². The lowest BCUT2D eigenvalue weighted by atomic mass is 9.89. The predicted molar refractivity (Wildman–Crippen MR) is 198 cm³/mol. The normalized spacial score (nSPS) is 13.1. The molecule has 0 radical (unpaired) electrons. The Kier molecular flexibility index (Phi) is 8.23. The van der Waals surface area contributed by atoms with E-state index in [-0.39, 0.29) is 22.4 Å². The maximum absolute atomic E-state index is 14.1. The van der Waals surface area contributed by atoms with E-state index in [4.69, 9.17) is 4.11 Å². The van der Waals surface area contributed by atoms with Crippen LogP contribution in [-0.4, -0.2) is 9.67 Å². The molecule has 0 aliphatic carbocycles. The number of alkyl halides is 3. The smallest absolute Gasteiger partial charge is 0.417 e. The van der Waals surface area contributed by atoms with Gasteiger partial charge < -0.3 is 5.11 Å². The van der Waals surface area contributed by atoms with Gasteiger partial charge in [-0.05, 0) is 95.2 Å². The van der Waals surface area contributed by atoms with Crippen molar-refractivity contribution >= 4 is 0 Å². The quantitative estimate of drug-likeness (QED) is 0.168. The summed E-state index contributed by atoms with van der Waals surface area (Å²) in [6.07, 6.45) is -0.511. The lowest BCUT2D eigenvalue weighted by Gasteiger charge is -2.19. The predicted octanol–water partition coefficient (Wildman–Crippen LogP) is 11.9. The van der Waals surface area contributed by atoms with E-state index in [1.807, 2.05) is 13.1 Å². The second kappa shape index (κ2) is 13.3. The molecule has 5 aromatic carbocycles. The molecule has 0 aliphatic rings. The molecule has 0 spiro atoms. The molecule has 6 aromatic rings. The van der Waals surface area contributed by atoms with Gasteiger partial charge in [-0.25, -0.2) is 4.57 Å². The number of halogens is 3. The summed E-state index contributed by atoms with van der Waals surface area (Å²) in [6, 6.07) is 25.1. The van der Waals surface area contributed by atoms with E-state index in [0.29, 0.717) is 28.5 Å². The number of aromatic hydroxyl groups is 1. The minimum Gasteiger partial charge on any atom is -0.507 e. The van der Waals surface area contributed by atoms with Crippen molar-refractivity contribution in [3.63, 3.8) is 0 Å². The monoisotopic (exact) mass is 676 g/mol. The Balaban J connectivity index is 1.48. The molecule has 3 nitrogen and oxygen atoms in total. The third-order valence-electron chi connectivity index (χ3n) is 9.65. The van der Waals surface area contributed by atoms with E-state index < -0.39 is 18.6 Å². The van der Waals surface area contributed by atoms with E-state index in [2.05, 4.69) is 87.3 Å². The van der Waals surface area contributed by atoms with Crippen LogP contribution in [0.4, 0.5) is 13.2 Å². The zero-order chi connectivity index (χ0) is 38.6. The highest BCUT2D eigenvalue weighted by Crippen LogP contribution is 2.43. The molecule has 0 fully saturated rings. The number of aryl methyl sites for hydroxylation is 3. The Hall–Kier alpha value is -5.10. The number of benzene rings is 5. The Morgan fingerprint density at radius 2 is 1.34 bits per heavy atom. The summed E-state index contributed by atoms with van der Waals surface area (Å²) in [5, 5.41) is 11.6. The molecule has 0 aliphatic heterocycles. The van der Waals surface area contributed by atoms with Crippen LogP contribution in [0.15, 0.2) is 103 Å².